The molecule has 4 aromatic carbocycles. The maximum absolute atomic E-state index is 12.6. The smallest absolute Gasteiger partial charge is 0.261 e. The molecule has 0 bridgehead atoms. The molecule has 4 rings (SSSR count). The van der Waals surface area contributed by atoms with Crippen LogP contribution in [0.1, 0.15) is 44.9 Å². The number of nitrogens with one attached hydrogen (secondary N) is 4. The van der Waals surface area contributed by atoms with E-state index >= 15 is 0 Å². The largest absolute Gasteiger partial charge is 0.326 e. The standard InChI is InChI=1S/C33H34I2N4O6S2/c34-24-8-12-28(13-9-24)38-46(42,43)30-20-16-26(17-21-30)36-32(40)6-4-2-1-3-5-7-33(41)37-27-18-22-31(23-19-27)47(44,45)39-29-14-10-25(35)11-15-29/h8-23,38-39H,1-7H2,(H,36,40)(H,37,41). The molecule has 4 aromatic rings. The highest BCUT2D eigenvalue weighted by atomic mass is 127. The summed E-state index contributed by atoms with van der Waals surface area (Å²) in [5.74, 6) is -0.303. The number of rotatable bonds is 16. The molecular formula is C33H34I2N4O6S2. The minimum absolute atomic E-state index is 0.0954. The molecule has 0 aliphatic carbocycles. The lowest BCUT2D eigenvalue weighted by molar-refractivity contribution is -0.117. The van der Waals surface area contributed by atoms with Crippen LogP contribution >= 0.6 is 45.2 Å². The molecule has 0 aliphatic heterocycles. The van der Waals surface area contributed by atoms with Crippen LogP contribution < -0.4 is 20.1 Å². The zero-order valence-corrected chi connectivity index (χ0v) is 31.2. The van der Waals surface area contributed by atoms with Gasteiger partial charge in [-0.1, -0.05) is 19.3 Å². The Hall–Kier alpha value is -3.22. The Labute approximate surface area is 302 Å². The van der Waals surface area contributed by atoms with Crippen LogP contribution in [0.15, 0.2) is 107 Å². The number of sulfonamides is 2. The molecule has 47 heavy (non-hydrogen) atoms. The van der Waals surface area contributed by atoms with Gasteiger partial charge in [0, 0.05) is 42.7 Å². The van der Waals surface area contributed by atoms with Crippen molar-refractivity contribution in [2.75, 3.05) is 20.1 Å². The van der Waals surface area contributed by atoms with E-state index in [9.17, 15) is 26.4 Å². The van der Waals surface area contributed by atoms with Gasteiger partial charge in [-0.25, -0.2) is 16.8 Å². The first-order valence-electron chi connectivity index (χ1n) is 14.8. The molecule has 0 spiro atoms. The van der Waals surface area contributed by atoms with Gasteiger partial charge in [0.2, 0.25) is 11.8 Å². The van der Waals surface area contributed by atoms with Crippen LogP contribution in [-0.2, 0) is 29.6 Å². The van der Waals surface area contributed by atoms with Crippen LogP contribution in [0.4, 0.5) is 22.7 Å². The van der Waals surface area contributed by atoms with Crippen molar-refractivity contribution in [3.05, 3.63) is 104 Å². The molecule has 4 N–H and O–H groups in total. The van der Waals surface area contributed by atoms with Gasteiger partial charge in [0.05, 0.1) is 9.79 Å². The van der Waals surface area contributed by atoms with E-state index in [1.54, 1.807) is 48.5 Å². The zero-order valence-electron chi connectivity index (χ0n) is 25.2. The van der Waals surface area contributed by atoms with Gasteiger partial charge in [-0.2, -0.15) is 0 Å². The van der Waals surface area contributed by atoms with E-state index in [1.807, 2.05) is 24.3 Å². The van der Waals surface area contributed by atoms with Crippen molar-refractivity contribution in [3.8, 4) is 0 Å². The molecule has 0 aromatic heterocycles. The molecule has 248 valence electrons. The Morgan fingerprint density at radius 1 is 0.447 bits per heavy atom. The van der Waals surface area contributed by atoms with Crippen LogP contribution in [0.2, 0.25) is 0 Å². The summed E-state index contributed by atoms with van der Waals surface area (Å²) in [4.78, 5) is 24.9. The van der Waals surface area contributed by atoms with Crippen molar-refractivity contribution < 1.29 is 26.4 Å². The third-order valence-electron chi connectivity index (χ3n) is 6.90. The van der Waals surface area contributed by atoms with Crippen LogP contribution in [0, 0.1) is 7.14 Å². The van der Waals surface area contributed by atoms with Crippen molar-refractivity contribution in [2.45, 2.75) is 54.7 Å². The van der Waals surface area contributed by atoms with Gasteiger partial charge in [-0.05, 0) is 155 Å². The summed E-state index contributed by atoms with van der Waals surface area (Å²) < 4.78 is 57.6. The number of halogens is 2. The number of unbranched alkanes of at least 4 members (excludes halogenated alkanes) is 4. The van der Waals surface area contributed by atoms with E-state index in [0.29, 0.717) is 48.4 Å². The Morgan fingerprint density at radius 2 is 0.745 bits per heavy atom. The summed E-state index contributed by atoms with van der Waals surface area (Å²) >= 11 is 4.29. The van der Waals surface area contributed by atoms with E-state index in [-0.39, 0.29) is 21.6 Å². The number of anilines is 4. The number of amides is 2. The minimum Gasteiger partial charge on any atom is -0.326 e. The number of carbonyl (C=O) groups is 2. The Morgan fingerprint density at radius 3 is 1.09 bits per heavy atom. The highest BCUT2D eigenvalue weighted by Crippen LogP contribution is 2.21. The first-order valence-corrected chi connectivity index (χ1v) is 19.9. The maximum atomic E-state index is 12.6. The fourth-order valence-electron chi connectivity index (χ4n) is 4.45. The molecule has 14 heteroatoms. The molecule has 0 radical (unpaired) electrons. The molecule has 0 saturated carbocycles. The van der Waals surface area contributed by atoms with E-state index in [0.717, 1.165) is 26.4 Å². The van der Waals surface area contributed by atoms with E-state index in [2.05, 4.69) is 65.3 Å². The average molecular weight is 901 g/mol. The summed E-state index contributed by atoms with van der Waals surface area (Å²) in [6.07, 6.45) is 4.60. The van der Waals surface area contributed by atoms with Gasteiger partial charge >= 0.3 is 0 Å². The lowest BCUT2D eigenvalue weighted by Gasteiger charge is -2.10. The molecule has 2 amide bonds. The van der Waals surface area contributed by atoms with Crippen LogP contribution in [-0.4, -0.2) is 28.6 Å². The predicted molar refractivity (Wildman–Crippen MR) is 202 cm³/mol. The molecule has 10 nitrogen and oxygen atoms in total. The molecule has 0 saturated heterocycles. The fraction of sp³-hybridized carbons (Fsp3) is 0.212. The summed E-state index contributed by atoms with van der Waals surface area (Å²) in [5, 5.41) is 5.59. The van der Waals surface area contributed by atoms with Gasteiger partial charge in [0.1, 0.15) is 0 Å². The quantitative estimate of drug-likeness (QED) is 0.0666. The predicted octanol–water partition coefficient (Wildman–Crippen LogP) is 7.81. The van der Waals surface area contributed by atoms with E-state index in [4.69, 9.17) is 0 Å². The Kier molecular flexibility index (Phi) is 13.4. The van der Waals surface area contributed by atoms with Gasteiger partial charge in [-0.3, -0.25) is 19.0 Å². The first kappa shape index (κ1) is 36.6. The van der Waals surface area contributed by atoms with Crippen molar-refractivity contribution in [3.63, 3.8) is 0 Å². The van der Waals surface area contributed by atoms with Gasteiger partial charge < -0.3 is 10.6 Å². The zero-order chi connectivity index (χ0) is 33.9. The van der Waals surface area contributed by atoms with Crippen molar-refractivity contribution in [1.29, 1.82) is 0 Å². The van der Waals surface area contributed by atoms with Gasteiger partial charge in [-0.15, -0.1) is 0 Å². The third kappa shape index (κ3) is 12.1. The SMILES string of the molecule is O=C(CCCCCCCC(=O)Nc1ccc(S(=O)(=O)Nc2ccc(I)cc2)cc1)Nc1ccc(S(=O)(=O)Nc2ccc(I)cc2)cc1. The normalized spacial score (nSPS) is 11.4. The Balaban J connectivity index is 1.09. The second-order valence-corrected chi connectivity index (χ2v) is 16.5. The fourth-order valence-corrected chi connectivity index (χ4v) is 7.28. The number of hydrogen-bond donors (Lipinski definition) is 4. The van der Waals surface area contributed by atoms with Crippen LogP contribution in [0.5, 0.6) is 0 Å². The minimum atomic E-state index is -3.75. The third-order valence-corrected chi connectivity index (χ3v) is 11.1. The monoisotopic (exact) mass is 900 g/mol. The summed E-state index contributed by atoms with van der Waals surface area (Å²) in [5.41, 5.74) is 1.97. The second kappa shape index (κ2) is 17.3. The maximum Gasteiger partial charge on any atom is 0.261 e. The number of benzene rings is 4. The van der Waals surface area contributed by atoms with Crippen molar-refractivity contribution in [2.24, 2.45) is 0 Å². The Bertz CT molecular complexity index is 1730. The summed E-state index contributed by atoms with van der Waals surface area (Å²) in [6.45, 7) is 0. The first-order chi connectivity index (χ1) is 22.4. The van der Waals surface area contributed by atoms with Gasteiger partial charge in [0.15, 0.2) is 0 Å². The van der Waals surface area contributed by atoms with Crippen LogP contribution in [0.3, 0.4) is 0 Å². The molecule has 0 fully saturated rings. The lowest BCUT2D eigenvalue weighted by atomic mass is 10.1. The molecule has 0 atom stereocenters. The van der Waals surface area contributed by atoms with Crippen molar-refractivity contribution in [1.82, 2.24) is 0 Å². The molecule has 0 heterocycles. The summed E-state index contributed by atoms with van der Waals surface area (Å²) in [6, 6.07) is 26.0. The van der Waals surface area contributed by atoms with E-state index in [1.165, 1.54) is 24.3 Å². The average Bonchev–Trinajstić information content (AvgIpc) is 3.03. The molecule has 0 unspecified atom stereocenters. The lowest BCUT2D eigenvalue weighted by Crippen LogP contribution is -2.14. The van der Waals surface area contributed by atoms with Crippen LogP contribution in [0.25, 0.3) is 0 Å². The van der Waals surface area contributed by atoms with E-state index < -0.39 is 20.0 Å². The summed E-state index contributed by atoms with van der Waals surface area (Å²) in [7, 11) is -7.49. The number of carbonyl (C=O) groups excluding carboxylic acids is 2. The number of hydrogen-bond acceptors (Lipinski definition) is 6. The molecular weight excluding hydrogens is 866 g/mol. The molecule has 0 aliphatic rings. The highest BCUT2D eigenvalue weighted by molar-refractivity contribution is 14.1. The van der Waals surface area contributed by atoms with Crippen molar-refractivity contribution >= 4 is 99.8 Å². The van der Waals surface area contributed by atoms with Gasteiger partial charge in [0.25, 0.3) is 20.0 Å². The highest BCUT2D eigenvalue weighted by Gasteiger charge is 2.16. The second-order valence-electron chi connectivity index (χ2n) is 10.6. The topological polar surface area (TPSA) is 151 Å².